The Labute approximate surface area is 141 Å². The monoisotopic (exact) mass is 355 g/mol. The number of hydrogen-bond donors (Lipinski definition) is 1. The fourth-order valence-electron chi connectivity index (χ4n) is 2.83. The average Bonchev–Trinajstić information content (AvgIpc) is 2.46. The second-order valence-corrected chi connectivity index (χ2v) is 15.0. The first kappa shape index (κ1) is 18.6. The Morgan fingerprint density at radius 2 is 1.78 bits per heavy atom. The summed E-state index contributed by atoms with van der Waals surface area (Å²) >= 11 is 0. The zero-order chi connectivity index (χ0) is 17.3. The second-order valence-electron chi connectivity index (χ2n) is 7.66. The van der Waals surface area contributed by atoms with Crippen molar-refractivity contribution in [2.75, 3.05) is 13.2 Å². The fraction of sp³-hybridized carbons (Fsp3) is 0.647. The maximum Gasteiger partial charge on any atom is 0.214 e. The van der Waals surface area contributed by atoms with Crippen LogP contribution in [0.2, 0.25) is 19.6 Å². The molecule has 0 unspecified atom stereocenters. The first-order valence-corrected chi connectivity index (χ1v) is 13.4. The van der Waals surface area contributed by atoms with E-state index in [1.807, 2.05) is 0 Å². The SMILES string of the molecule is CC(C)S(=O)(=O)N[C@H]1COCC[C@@H]1c1ccc([Si](C)(C)C)cc1. The van der Waals surface area contributed by atoms with Crippen LogP contribution in [0.15, 0.2) is 24.3 Å². The molecule has 1 fully saturated rings. The molecule has 0 aromatic heterocycles. The van der Waals surface area contributed by atoms with Gasteiger partial charge in [-0.1, -0.05) is 49.1 Å². The summed E-state index contributed by atoms with van der Waals surface area (Å²) in [6.07, 6.45) is 0.845. The molecule has 4 nitrogen and oxygen atoms in total. The van der Waals surface area contributed by atoms with E-state index in [1.54, 1.807) is 13.8 Å². The summed E-state index contributed by atoms with van der Waals surface area (Å²) in [5.74, 6) is 0.174. The number of rotatable bonds is 5. The van der Waals surface area contributed by atoms with Crippen molar-refractivity contribution in [1.82, 2.24) is 4.72 Å². The van der Waals surface area contributed by atoms with Gasteiger partial charge in [0.05, 0.1) is 26.0 Å². The zero-order valence-electron chi connectivity index (χ0n) is 14.8. The third-order valence-corrected chi connectivity index (χ3v) is 8.44. The minimum absolute atomic E-state index is 0.174. The van der Waals surface area contributed by atoms with Gasteiger partial charge < -0.3 is 4.74 Å². The molecule has 1 aromatic carbocycles. The summed E-state index contributed by atoms with van der Waals surface area (Å²) in [5, 5.41) is 0.993. The van der Waals surface area contributed by atoms with Gasteiger partial charge in [-0.2, -0.15) is 0 Å². The Balaban J connectivity index is 2.21. The Bertz CT molecular complexity index is 620. The Hall–Kier alpha value is -0.693. The van der Waals surface area contributed by atoms with E-state index >= 15 is 0 Å². The third kappa shape index (κ3) is 4.65. The normalized spacial score (nSPS) is 23.2. The van der Waals surface area contributed by atoms with E-state index in [4.69, 9.17) is 4.74 Å². The number of sulfonamides is 1. The van der Waals surface area contributed by atoms with Crippen molar-refractivity contribution in [3.8, 4) is 0 Å². The predicted molar refractivity (Wildman–Crippen MR) is 98.6 cm³/mol. The first-order chi connectivity index (χ1) is 10.6. The smallest absolute Gasteiger partial charge is 0.214 e. The highest BCUT2D eigenvalue weighted by Gasteiger charge is 2.31. The summed E-state index contributed by atoms with van der Waals surface area (Å²) in [5.41, 5.74) is 1.20. The summed E-state index contributed by atoms with van der Waals surface area (Å²) < 4.78 is 32.8. The Kier molecular flexibility index (Phi) is 5.71. The number of benzene rings is 1. The van der Waals surface area contributed by atoms with E-state index in [0.717, 1.165) is 6.42 Å². The van der Waals surface area contributed by atoms with Gasteiger partial charge in [-0.15, -0.1) is 0 Å². The quantitative estimate of drug-likeness (QED) is 0.826. The van der Waals surface area contributed by atoms with E-state index in [0.29, 0.717) is 13.2 Å². The molecule has 6 heteroatoms. The standard InChI is InChI=1S/C17H29NO3SSi/c1-13(2)22(19,20)18-17-12-21-11-10-16(17)14-6-8-15(9-7-14)23(3,4)5/h6-9,13,16-18H,10-12H2,1-5H3/t16-,17+/m1/s1. The molecule has 2 atom stereocenters. The van der Waals surface area contributed by atoms with Crippen LogP contribution in [-0.2, 0) is 14.8 Å². The van der Waals surface area contributed by atoms with E-state index in [2.05, 4.69) is 48.6 Å². The van der Waals surface area contributed by atoms with Crippen molar-refractivity contribution < 1.29 is 13.2 Å². The molecule has 0 spiro atoms. The number of hydrogen-bond acceptors (Lipinski definition) is 3. The van der Waals surface area contributed by atoms with Crippen LogP contribution in [-0.4, -0.2) is 41.0 Å². The van der Waals surface area contributed by atoms with E-state index in [9.17, 15) is 8.42 Å². The minimum Gasteiger partial charge on any atom is -0.380 e. The van der Waals surface area contributed by atoms with Crippen LogP contribution in [0.3, 0.4) is 0 Å². The molecule has 1 saturated heterocycles. The Morgan fingerprint density at radius 1 is 1.17 bits per heavy atom. The van der Waals surface area contributed by atoms with Gasteiger partial charge in [0.25, 0.3) is 0 Å². The molecule has 23 heavy (non-hydrogen) atoms. The second kappa shape index (κ2) is 7.05. The molecule has 2 rings (SSSR count). The summed E-state index contributed by atoms with van der Waals surface area (Å²) in [6.45, 7) is 11.5. The highest BCUT2D eigenvalue weighted by molar-refractivity contribution is 7.90. The molecule has 130 valence electrons. The molecule has 1 aliphatic heterocycles. The molecule has 0 aliphatic carbocycles. The van der Waals surface area contributed by atoms with Crippen LogP contribution in [0.5, 0.6) is 0 Å². The molecular weight excluding hydrogens is 326 g/mol. The van der Waals surface area contributed by atoms with Gasteiger partial charge in [-0.3, -0.25) is 0 Å². The van der Waals surface area contributed by atoms with Gasteiger partial charge in [0.1, 0.15) is 0 Å². The van der Waals surface area contributed by atoms with Crippen molar-refractivity contribution in [2.45, 2.75) is 57.1 Å². The molecule has 1 aliphatic rings. The van der Waals surface area contributed by atoms with E-state index in [-0.39, 0.29) is 12.0 Å². The highest BCUT2D eigenvalue weighted by Crippen LogP contribution is 2.28. The van der Waals surface area contributed by atoms with E-state index in [1.165, 1.54) is 10.8 Å². The van der Waals surface area contributed by atoms with E-state index < -0.39 is 23.3 Å². The topological polar surface area (TPSA) is 55.4 Å². The van der Waals surface area contributed by atoms with Gasteiger partial charge >= 0.3 is 0 Å². The van der Waals surface area contributed by atoms with Gasteiger partial charge in [0, 0.05) is 12.5 Å². The molecule has 1 heterocycles. The van der Waals surface area contributed by atoms with Crippen molar-refractivity contribution in [3.63, 3.8) is 0 Å². The lowest BCUT2D eigenvalue weighted by atomic mass is 9.88. The molecule has 0 amide bonds. The summed E-state index contributed by atoms with van der Waals surface area (Å²) in [7, 11) is -4.61. The van der Waals surface area contributed by atoms with Crippen LogP contribution < -0.4 is 9.91 Å². The first-order valence-electron chi connectivity index (χ1n) is 8.30. The van der Waals surface area contributed by atoms with Crippen molar-refractivity contribution in [3.05, 3.63) is 29.8 Å². The summed E-state index contributed by atoms with van der Waals surface area (Å²) in [6, 6.07) is 8.57. The van der Waals surface area contributed by atoms with Crippen LogP contribution in [0.25, 0.3) is 0 Å². The minimum atomic E-state index is -3.29. The van der Waals surface area contributed by atoms with Crippen LogP contribution in [0.4, 0.5) is 0 Å². The fourth-order valence-corrected chi connectivity index (χ4v) is 4.92. The van der Waals surface area contributed by atoms with Gasteiger partial charge in [0.2, 0.25) is 10.0 Å². The average molecular weight is 356 g/mol. The largest absolute Gasteiger partial charge is 0.380 e. The molecule has 0 radical (unpaired) electrons. The maximum atomic E-state index is 12.2. The van der Waals surface area contributed by atoms with Gasteiger partial charge in [-0.25, -0.2) is 13.1 Å². The zero-order valence-corrected chi connectivity index (χ0v) is 16.6. The van der Waals surface area contributed by atoms with Crippen molar-refractivity contribution in [1.29, 1.82) is 0 Å². The number of ether oxygens (including phenoxy) is 1. The van der Waals surface area contributed by atoms with Crippen molar-refractivity contribution >= 4 is 23.3 Å². The number of nitrogens with one attached hydrogen (secondary N) is 1. The lowest BCUT2D eigenvalue weighted by Crippen LogP contribution is -2.47. The summed E-state index contributed by atoms with van der Waals surface area (Å²) in [4.78, 5) is 0. The predicted octanol–water partition coefficient (Wildman–Crippen LogP) is 2.43. The molecule has 1 N–H and O–H groups in total. The lowest BCUT2D eigenvalue weighted by Gasteiger charge is -2.33. The molecule has 1 aromatic rings. The van der Waals surface area contributed by atoms with Gasteiger partial charge in [0.15, 0.2) is 0 Å². The lowest BCUT2D eigenvalue weighted by molar-refractivity contribution is 0.0644. The Morgan fingerprint density at radius 3 is 2.30 bits per heavy atom. The van der Waals surface area contributed by atoms with Crippen LogP contribution in [0.1, 0.15) is 31.7 Å². The molecule has 0 bridgehead atoms. The maximum absolute atomic E-state index is 12.2. The third-order valence-electron chi connectivity index (χ3n) is 4.50. The highest BCUT2D eigenvalue weighted by atomic mass is 32.2. The molecule has 0 saturated carbocycles. The van der Waals surface area contributed by atoms with Crippen LogP contribution in [0, 0.1) is 0 Å². The molecular formula is C17H29NO3SSi. The van der Waals surface area contributed by atoms with Crippen molar-refractivity contribution in [2.24, 2.45) is 0 Å². The van der Waals surface area contributed by atoms with Gasteiger partial charge in [-0.05, 0) is 25.8 Å². The van der Waals surface area contributed by atoms with Crippen LogP contribution >= 0.6 is 0 Å².